The van der Waals surface area contributed by atoms with Gasteiger partial charge < -0.3 is 10.6 Å². The van der Waals surface area contributed by atoms with Gasteiger partial charge in [-0.15, -0.1) is 11.3 Å². The van der Waals surface area contributed by atoms with E-state index in [2.05, 4.69) is 28.3 Å². The van der Waals surface area contributed by atoms with Gasteiger partial charge in [0.05, 0.1) is 17.2 Å². The number of anilines is 2. The van der Waals surface area contributed by atoms with Crippen molar-refractivity contribution in [3.05, 3.63) is 40.3 Å². The van der Waals surface area contributed by atoms with E-state index in [4.69, 9.17) is 5.73 Å². The number of aryl methyl sites for hydroxylation is 1. The van der Waals surface area contributed by atoms with Crippen molar-refractivity contribution in [2.24, 2.45) is 0 Å². The molecule has 1 aromatic heterocycles. The zero-order chi connectivity index (χ0) is 13.0. The molecule has 1 heterocycles. The van der Waals surface area contributed by atoms with Crippen LogP contribution in [0.15, 0.2) is 29.6 Å². The molecule has 0 amide bonds. The first-order valence-electron chi connectivity index (χ1n) is 6.20. The molecule has 0 atom stereocenters. The molecule has 2 N–H and O–H groups in total. The van der Waals surface area contributed by atoms with Gasteiger partial charge in [-0.1, -0.05) is 13.0 Å². The fourth-order valence-electron chi connectivity index (χ4n) is 1.97. The molecule has 0 unspecified atom stereocenters. The monoisotopic (exact) mass is 261 g/mol. The van der Waals surface area contributed by atoms with Gasteiger partial charge in [-0.25, -0.2) is 4.98 Å². The van der Waals surface area contributed by atoms with Crippen molar-refractivity contribution in [3.63, 3.8) is 0 Å². The van der Waals surface area contributed by atoms with Gasteiger partial charge in [0.25, 0.3) is 0 Å². The van der Waals surface area contributed by atoms with Crippen LogP contribution in [-0.2, 0) is 6.54 Å². The third kappa shape index (κ3) is 3.23. The Bertz CT molecular complexity index is 507. The van der Waals surface area contributed by atoms with Crippen LogP contribution in [0.5, 0.6) is 0 Å². The summed E-state index contributed by atoms with van der Waals surface area (Å²) in [4.78, 5) is 6.85. The molecule has 0 saturated carbocycles. The topological polar surface area (TPSA) is 42.2 Å². The maximum Gasteiger partial charge on any atom is 0.0898 e. The zero-order valence-corrected chi connectivity index (χ0v) is 11.7. The molecule has 0 aliphatic rings. The predicted octanol–water partition coefficient (Wildman–Crippen LogP) is 3.45. The summed E-state index contributed by atoms with van der Waals surface area (Å²) in [6, 6.07) is 8.04. The predicted molar refractivity (Wildman–Crippen MR) is 79.0 cm³/mol. The summed E-state index contributed by atoms with van der Waals surface area (Å²) in [5.41, 5.74) is 8.96. The number of thiazole rings is 1. The standard InChI is InChI=1S/C14H19N3S/c1-3-7-17(9-13-10-18-11(2)16-13)14-6-4-5-12(15)8-14/h4-6,8,10H,3,7,9,15H2,1-2H3. The summed E-state index contributed by atoms with van der Waals surface area (Å²) in [5, 5.41) is 3.25. The van der Waals surface area contributed by atoms with Crippen LogP contribution in [0.1, 0.15) is 24.0 Å². The van der Waals surface area contributed by atoms with E-state index in [1.165, 1.54) is 5.69 Å². The molecule has 2 aromatic rings. The Morgan fingerprint density at radius 3 is 2.83 bits per heavy atom. The average Bonchev–Trinajstić information content (AvgIpc) is 2.74. The highest BCUT2D eigenvalue weighted by Gasteiger charge is 2.08. The Hall–Kier alpha value is -1.55. The van der Waals surface area contributed by atoms with Crippen molar-refractivity contribution < 1.29 is 0 Å². The van der Waals surface area contributed by atoms with Crippen LogP contribution in [0.3, 0.4) is 0 Å². The van der Waals surface area contributed by atoms with E-state index >= 15 is 0 Å². The normalized spacial score (nSPS) is 10.6. The lowest BCUT2D eigenvalue weighted by molar-refractivity contribution is 0.756. The number of benzene rings is 1. The summed E-state index contributed by atoms with van der Waals surface area (Å²) in [7, 11) is 0. The fraction of sp³-hybridized carbons (Fsp3) is 0.357. The molecule has 0 fully saturated rings. The average molecular weight is 261 g/mol. The molecule has 0 bridgehead atoms. The van der Waals surface area contributed by atoms with Crippen LogP contribution in [0, 0.1) is 6.92 Å². The van der Waals surface area contributed by atoms with Crippen molar-refractivity contribution in [2.75, 3.05) is 17.2 Å². The highest BCUT2D eigenvalue weighted by Crippen LogP contribution is 2.20. The van der Waals surface area contributed by atoms with Crippen molar-refractivity contribution in [2.45, 2.75) is 26.8 Å². The van der Waals surface area contributed by atoms with E-state index in [9.17, 15) is 0 Å². The maximum atomic E-state index is 5.85. The lowest BCUT2D eigenvalue weighted by Crippen LogP contribution is -2.23. The van der Waals surface area contributed by atoms with Crippen molar-refractivity contribution in [3.8, 4) is 0 Å². The Balaban J connectivity index is 2.17. The van der Waals surface area contributed by atoms with Gasteiger partial charge in [0.15, 0.2) is 0 Å². The summed E-state index contributed by atoms with van der Waals surface area (Å²) >= 11 is 1.70. The van der Waals surface area contributed by atoms with Crippen LogP contribution in [-0.4, -0.2) is 11.5 Å². The maximum absolute atomic E-state index is 5.85. The molecule has 0 radical (unpaired) electrons. The molecule has 0 spiro atoms. The minimum atomic E-state index is 0.808. The Kier molecular flexibility index (Phi) is 4.20. The second kappa shape index (κ2) is 5.87. The minimum Gasteiger partial charge on any atom is -0.399 e. The molecule has 3 nitrogen and oxygen atoms in total. The first-order valence-corrected chi connectivity index (χ1v) is 7.08. The van der Waals surface area contributed by atoms with Gasteiger partial charge in [-0.05, 0) is 31.5 Å². The van der Waals surface area contributed by atoms with E-state index in [-0.39, 0.29) is 0 Å². The van der Waals surface area contributed by atoms with E-state index in [0.29, 0.717) is 0 Å². The highest BCUT2D eigenvalue weighted by molar-refractivity contribution is 7.09. The number of hydrogen-bond donors (Lipinski definition) is 1. The minimum absolute atomic E-state index is 0.808. The van der Waals surface area contributed by atoms with Crippen LogP contribution < -0.4 is 10.6 Å². The second-order valence-electron chi connectivity index (χ2n) is 4.37. The van der Waals surface area contributed by atoms with Crippen LogP contribution in [0.2, 0.25) is 0 Å². The third-order valence-electron chi connectivity index (χ3n) is 2.75. The van der Waals surface area contributed by atoms with E-state index < -0.39 is 0 Å². The molecule has 2 rings (SSSR count). The molecule has 4 heteroatoms. The van der Waals surface area contributed by atoms with Gasteiger partial charge in [0.2, 0.25) is 0 Å². The second-order valence-corrected chi connectivity index (χ2v) is 5.44. The number of rotatable bonds is 5. The molecule has 18 heavy (non-hydrogen) atoms. The molecular formula is C14H19N3S. The Labute approximate surface area is 112 Å². The molecule has 0 saturated heterocycles. The van der Waals surface area contributed by atoms with Crippen molar-refractivity contribution in [1.29, 1.82) is 0 Å². The SMILES string of the molecule is CCCN(Cc1csc(C)n1)c1cccc(N)c1. The van der Waals surface area contributed by atoms with Crippen LogP contribution >= 0.6 is 11.3 Å². The van der Waals surface area contributed by atoms with E-state index in [0.717, 1.165) is 35.9 Å². The van der Waals surface area contributed by atoms with E-state index in [1.54, 1.807) is 11.3 Å². The Morgan fingerprint density at radius 1 is 1.39 bits per heavy atom. The highest BCUT2D eigenvalue weighted by atomic mass is 32.1. The summed E-state index contributed by atoms with van der Waals surface area (Å²) in [5.74, 6) is 0. The lowest BCUT2D eigenvalue weighted by atomic mass is 10.2. The van der Waals surface area contributed by atoms with Gasteiger partial charge >= 0.3 is 0 Å². The molecular weight excluding hydrogens is 242 g/mol. The number of hydrogen-bond acceptors (Lipinski definition) is 4. The number of nitrogen functional groups attached to an aromatic ring is 1. The largest absolute Gasteiger partial charge is 0.399 e. The van der Waals surface area contributed by atoms with Crippen LogP contribution in [0.25, 0.3) is 0 Å². The summed E-state index contributed by atoms with van der Waals surface area (Å²) in [6.07, 6.45) is 1.11. The van der Waals surface area contributed by atoms with Gasteiger partial charge in [0.1, 0.15) is 0 Å². The number of nitrogens with two attached hydrogens (primary N) is 1. The fourth-order valence-corrected chi connectivity index (χ4v) is 2.57. The quantitative estimate of drug-likeness (QED) is 0.838. The first kappa shape index (κ1) is 12.9. The molecule has 1 aromatic carbocycles. The third-order valence-corrected chi connectivity index (χ3v) is 3.57. The Morgan fingerprint density at radius 2 is 2.22 bits per heavy atom. The van der Waals surface area contributed by atoms with Crippen molar-refractivity contribution >= 4 is 22.7 Å². The van der Waals surface area contributed by atoms with Gasteiger partial charge in [-0.3, -0.25) is 0 Å². The molecule has 0 aliphatic heterocycles. The van der Waals surface area contributed by atoms with Gasteiger partial charge in [-0.2, -0.15) is 0 Å². The van der Waals surface area contributed by atoms with Gasteiger partial charge in [0, 0.05) is 23.3 Å². The summed E-state index contributed by atoms with van der Waals surface area (Å²) in [6.45, 7) is 6.09. The zero-order valence-electron chi connectivity index (χ0n) is 10.9. The number of nitrogens with zero attached hydrogens (tertiary/aromatic N) is 2. The first-order chi connectivity index (χ1) is 8.69. The number of aromatic nitrogens is 1. The molecule has 0 aliphatic carbocycles. The summed E-state index contributed by atoms with van der Waals surface area (Å²) < 4.78 is 0. The van der Waals surface area contributed by atoms with Crippen LogP contribution in [0.4, 0.5) is 11.4 Å². The smallest absolute Gasteiger partial charge is 0.0898 e. The lowest BCUT2D eigenvalue weighted by Gasteiger charge is -2.23. The van der Waals surface area contributed by atoms with Crippen molar-refractivity contribution in [1.82, 2.24) is 4.98 Å². The van der Waals surface area contributed by atoms with E-state index in [1.807, 2.05) is 25.1 Å². The molecule has 96 valence electrons.